The highest BCUT2D eigenvalue weighted by molar-refractivity contribution is 8.03. The highest BCUT2D eigenvalue weighted by atomic mass is 32.2. The third-order valence-corrected chi connectivity index (χ3v) is 6.84. The third kappa shape index (κ3) is 5.00. The Morgan fingerprint density at radius 3 is 2.70 bits per heavy atom. The maximum Gasteiger partial charge on any atom is 0.416 e. The zero-order valence-corrected chi connectivity index (χ0v) is 16.9. The largest absolute Gasteiger partial charge is 0.416 e. The van der Waals surface area contributed by atoms with E-state index >= 15 is 0 Å². The number of benzene rings is 1. The lowest BCUT2D eigenvalue weighted by molar-refractivity contribution is -0.137. The van der Waals surface area contributed by atoms with Gasteiger partial charge in [0.2, 0.25) is 0 Å². The lowest BCUT2D eigenvalue weighted by Crippen LogP contribution is -2.28. The molecular weight excluding hydrogens is 367 g/mol. The smallest absolute Gasteiger partial charge is 0.302 e. The van der Waals surface area contributed by atoms with Crippen molar-refractivity contribution in [2.45, 2.75) is 44.7 Å². The average molecular weight is 396 g/mol. The minimum atomic E-state index is -4.25. The van der Waals surface area contributed by atoms with Gasteiger partial charge in [0.05, 0.1) is 5.56 Å². The van der Waals surface area contributed by atoms with E-state index in [9.17, 15) is 13.2 Å². The molecule has 2 fully saturated rings. The van der Waals surface area contributed by atoms with E-state index in [0.29, 0.717) is 5.92 Å². The summed E-state index contributed by atoms with van der Waals surface area (Å²) in [6, 6.07) is 5.87. The molecule has 1 saturated heterocycles. The minimum Gasteiger partial charge on any atom is -0.302 e. The van der Waals surface area contributed by atoms with Crippen molar-refractivity contribution >= 4 is 11.8 Å². The van der Waals surface area contributed by atoms with Crippen LogP contribution in [0.1, 0.15) is 44.2 Å². The van der Waals surface area contributed by atoms with Gasteiger partial charge in [0.1, 0.15) is 0 Å². The standard InChI is InChI=1S/C22H28F3NS/c1-3-4-5-7-17(2)27-13-6-12-26-15-20-14-21(20,16-26)18-8-10-19(11-9-18)22(23,24)25/h3-4,7-11,20H,5-6,12-16H2,1-2H3/b4-3-,17-7?/t20-,21+/m0/s1. The first kappa shape index (κ1) is 20.5. The molecule has 1 nitrogen and oxygen atoms in total. The van der Waals surface area contributed by atoms with Crippen molar-refractivity contribution in [2.24, 2.45) is 5.92 Å². The summed E-state index contributed by atoms with van der Waals surface area (Å²) in [6.45, 7) is 7.35. The molecule has 148 valence electrons. The van der Waals surface area contributed by atoms with Crippen LogP contribution in [0, 0.1) is 5.92 Å². The molecule has 2 aliphatic rings. The number of alkyl halides is 3. The van der Waals surface area contributed by atoms with E-state index in [4.69, 9.17) is 0 Å². The Kier molecular flexibility index (Phi) is 6.42. The number of allylic oxidation sites excluding steroid dienone is 4. The quantitative estimate of drug-likeness (QED) is 0.377. The van der Waals surface area contributed by atoms with Crippen LogP contribution >= 0.6 is 11.8 Å². The number of halogens is 3. The third-order valence-electron chi connectivity index (χ3n) is 5.73. The molecule has 1 heterocycles. The van der Waals surface area contributed by atoms with Crippen LogP contribution in [-0.2, 0) is 11.6 Å². The van der Waals surface area contributed by atoms with E-state index < -0.39 is 11.7 Å². The molecule has 0 N–H and O–H groups in total. The second kappa shape index (κ2) is 8.44. The minimum absolute atomic E-state index is 0.111. The monoisotopic (exact) mass is 395 g/mol. The summed E-state index contributed by atoms with van der Waals surface area (Å²) >= 11 is 1.92. The molecule has 1 aromatic carbocycles. The second-order valence-corrected chi connectivity index (χ2v) is 9.03. The Hall–Kier alpha value is -1.20. The predicted octanol–water partition coefficient (Wildman–Crippen LogP) is 6.27. The van der Waals surface area contributed by atoms with Crippen molar-refractivity contribution in [3.63, 3.8) is 0 Å². The van der Waals surface area contributed by atoms with Crippen LogP contribution in [0.15, 0.2) is 47.4 Å². The van der Waals surface area contributed by atoms with E-state index in [1.165, 1.54) is 17.0 Å². The van der Waals surface area contributed by atoms with Crippen molar-refractivity contribution < 1.29 is 13.2 Å². The number of nitrogens with zero attached hydrogens (tertiary/aromatic N) is 1. The summed E-state index contributed by atoms with van der Waals surface area (Å²) in [5, 5.41) is 0. The first-order chi connectivity index (χ1) is 12.8. The highest BCUT2D eigenvalue weighted by Crippen LogP contribution is 2.59. The zero-order valence-electron chi connectivity index (χ0n) is 16.1. The maximum absolute atomic E-state index is 12.8. The molecule has 1 aliphatic carbocycles. The van der Waals surface area contributed by atoms with Gasteiger partial charge in [-0.15, -0.1) is 11.8 Å². The molecule has 1 aromatic rings. The molecule has 0 bridgehead atoms. The summed E-state index contributed by atoms with van der Waals surface area (Å²) < 4.78 is 38.3. The fourth-order valence-corrected chi connectivity index (χ4v) is 4.96. The van der Waals surface area contributed by atoms with Gasteiger partial charge in [0.25, 0.3) is 0 Å². The number of likely N-dealkylation sites (tertiary alicyclic amines) is 1. The number of hydrogen-bond donors (Lipinski definition) is 0. The van der Waals surface area contributed by atoms with Gasteiger partial charge in [-0.1, -0.05) is 30.4 Å². The number of hydrogen-bond acceptors (Lipinski definition) is 2. The van der Waals surface area contributed by atoms with Gasteiger partial charge < -0.3 is 4.90 Å². The number of piperidine rings is 1. The average Bonchev–Trinajstić information content (AvgIpc) is 3.20. The van der Waals surface area contributed by atoms with Gasteiger partial charge in [-0.2, -0.15) is 13.2 Å². The van der Waals surface area contributed by atoms with E-state index in [1.807, 2.05) is 18.7 Å². The summed E-state index contributed by atoms with van der Waals surface area (Å²) in [5.74, 6) is 1.73. The molecule has 2 atom stereocenters. The van der Waals surface area contributed by atoms with Crippen LogP contribution in [-0.4, -0.2) is 30.3 Å². The molecule has 5 heteroatoms. The van der Waals surface area contributed by atoms with E-state index in [2.05, 4.69) is 30.1 Å². The van der Waals surface area contributed by atoms with Crippen molar-refractivity contribution in [1.29, 1.82) is 0 Å². The highest BCUT2D eigenvalue weighted by Gasteiger charge is 2.60. The molecule has 27 heavy (non-hydrogen) atoms. The van der Waals surface area contributed by atoms with E-state index in [-0.39, 0.29) is 5.41 Å². The summed E-state index contributed by atoms with van der Waals surface area (Å²) in [7, 11) is 0. The van der Waals surface area contributed by atoms with Crippen molar-refractivity contribution in [1.82, 2.24) is 4.90 Å². The normalized spacial score (nSPS) is 26.0. The Morgan fingerprint density at radius 2 is 2.04 bits per heavy atom. The Bertz CT molecular complexity index is 693. The van der Waals surface area contributed by atoms with Crippen molar-refractivity contribution in [2.75, 3.05) is 25.4 Å². The molecule has 0 unspecified atom stereocenters. The fourth-order valence-electron chi connectivity index (χ4n) is 4.15. The first-order valence-electron chi connectivity index (χ1n) is 9.66. The van der Waals surface area contributed by atoms with Crippen molar-refractivity contribution in [3.8, 4) is 0 Å². The Labute approximate surface area is 164 Å². The van der Waals surface area contributed by atoms with Gasteiger partial charge in [0, 0.05) is 18.5 Å². The second-order valence-electron chi connectivity index (χ2n) is 7.69. The van der Waals surface area contributed by atoms with Crippen LogP contribution in [0.2, 0.25) is 0 Å². The predicted molar refractivity (Wildman–Crippen MR) is 108 cm³/mol. The Balaban J connectivity index is 1.45. The van der Waals surface area contributed by atoms with Crippen LogP contribution in [0.25, 0.3) is 0 Å². The number of fused-ring (bicyclic) bond motifs is 1. The molecular formula is C22H28F3NS. The molecule has 3 rings (SSSR count). The molecule has 1 aliphatic heterocycles. The Morgan fingerprint density at radius 1 is 1.30 bits per heavy atom. The molecule has 0 aromatic heterocycles. The van der Waals surface area contributed by atoms with E-state index in [1.54, 1.807) is 12.1 Å². The van der Waals surface area contributed by atoms with Crippen LogP contribution in [0.3, 0.4) is 0 Å². The molecule has 0 spiro atoms. The van der Waals surface area contributed by atoms with Gasteiger partial charge in [-0.3, -0.25) is 0 Å². The summed E-state index contributed by atoms with van der Waals surface area (Å²) in [5.41, 5.74) is 0.643. The summed E-state index contributed by atoms with van der Waals surface area (Å²) in [6.07, 6.45) is 5.50. The fraction of sp³-hybridized carbons (Fsp3) is 0.545. The SMILES string of the molecule is C/C=C\CC=C(C)SCCCN1C[C@@H]2C[C@]2(c2ccc(C(F)(F)F)cc2)C1. The molecule has 1 saturated carbocycles. The van der Waals surface area contributed by atoms with Crippen LogP contribution < -0.4 is 0 Å². The summed E-state index contributed by atoms with van der Waals surface area (Å²) in [4.78, 5) is 3.87. The first-order valence-corrected chi connectivity index (χ1v) is 10.6. The van der Waals surface area contributed by atoms with E-state index in [0.717, 1.165) is 50.2 Å². The molecule has 0 radical (unpaired) electrons. The molecule has 0 amide bonds. The maximum atomic E-state index is 12.8. The van der Waals surface area contributed by atoms with Crippen LogP contribution in [0.5, 0.6) is 0 Å². The van der Waals surface area contributed by atoms with Crippen molar-refractivity contribution in [3.05, 3.63) is 58.5 Å². The van der Waals surface area contributed by atoms with Gasteiger partial charge in [0.15, 0.2) is 0 Å². The zero-order chi connectivity index (χ0) is 19.5. The van der Waals surface area contributed by atoms with Gasteiger partial charge in [-0.25, -0.2) is 0 Å². The topological polar surface area (TPSA) is 3.24 Å². The van der Waals surface area contributed by atoms with Crippen LogP contribution in [0.4, 0.5) is 13.2 Å². The lowest BCUT2D eigenvalue weighted by atomic mass is 9.94. The number of rotatable bonds is 8. The lowest BCUT2D eigenvalue weighted by Gasteiger charge is -2.21. The van der Waals surface area contributed by atoms with Gasteiger partial charge in [-0.05, 0) is 73.9 Å². The van der Waals surface area contributed by atoms with Gasteiger partial charge >= 0.3 is 6.18 Å². The number of thioether (sulfide) groups is 1.